The number of rotatable bonds is 4. The average Bonchev–Trinajstić information content (AvgIpc) is 3.13. The monoisotopic (exact) mass is 386 g/mol. The zero-order chi connectivity index (χ0) is 19.1. The molecule has 3 heterocycles. The van der Waals surface area contributed by atoms with Crippen molar-refractivity contribution in [1.82, 2.24) is 19.7 Å². The van der Waals surface area contributed by atoms with Gasteiger partial charge in [0.25, 0.3) is 5.91 Å². The molecule has 0 bridgehead atoms. The fourth-order valence-electron chi connectivity index (χ4n) is 4.42. The molecule has 4 rings (SSSR count). The SMILES string of the molecule is COc1ccc(C(C2Sc3nc(C)nn3C2=O)N2CC(C)CC(C)C2)cc1. The largest absolute Gasteiger partial charge is 0.497 e. The Bertz CT molecular complexity index is 825. The van der Waals surface area contributed by atoms with Crippen LogP contribution in [0.3, 0.4) is 0 Å². The maximum atomic E-state index is 13.1. The van der Waals surface area contributed by atoms with Crippen molar-refractivity contribution in [1.29, 1.82) is 0 Å². The lowest BCUT2D eigenvalue weighted by Crippen LogP contribution is -2.46. The highest BCUT2D eigenvalue weighted by molar-refractivity contribution is 8.00. The number of nitrogens with zero attached hydrogens (tertiary/aromatic N) is 4. The topological polar surface area (TPSA) is 60.3 Å². The van der Waals surface area contributed by atoms with Gasteiger partial charge in [-0.15, -0.1) is 5.10 Å². The van der Waals surface area contributed by atoms with Crippen LogP contribution in [0.25, 0.3) is 0 Å². The number of methoxy groups -OCH3 is 1. The van der Waals surface area contributed by atoms with Crippen molar-refractivity contribution in [2.75, 3.05) is 20.2 Å². The molecule has 0 spiro atoms. The molecule has 7 heteroatoms. The van der Waals surface area contributed by atoms with E-state index in [0.717, 1.165) is 24.4 Å². The number of ether oxygens (including phenoxy) is 1. The summed E-state index contributed by atoms with van der Waals surface area (Å²) < 4.78 is 6.80. The minimum absolute atomic E-state index is 0.00223. The van der Waals surface area contributed by atoms with Crippen LogP contribution in [0.5, 0.6) is 5.75 Å². The third-order valence-electron chi connectivity index (χ3n) is 5.40. The molecule has 0 radical (unpaired) electrons. The van der Waals surface area contributed by atoms with E-state index in [9.17, 15) is 4.79 Å². The first-order valence-corrected chi connectivity index (χ1v) is 10.4. The van der Waals surface area contributed by atoms with Crippen LogP contribution < -0.4 is 4.74 Å². The molecule has 1 saturated heterocycles. The van der Waals surface area contributed by atoms with Gasteiger partial charge in [-0.1, -0.05) is 37.7 Å². The normalized spacial score (nSPS) is 26.8. The number of aromatic nitrogens is 3. The molecular weight excluding hydrogens is 360 g/mol. The van der Waals surface area contributed by atoms with E-state index < -0.39 is 0 Å². The molecule has 1 aromatic carbocycles. The van der Waals surface area contributed by atoms with Gasteiger partial charge in [-0.05, 0) is 42.9 Å². The van der Waals surface area contributed by atoms with E-state index >= 15 is 0 Å². The zero-order valence-corrected chi connectivity index (χ0v) is 17.1. The van der Waals surface area contributed by atoms with Crippen LogP contribution >= 0.6 is 11.8 Å². The van der Waals surface area contributed by atoms with Crippen LogP contribution in [0.15, 0.2) is 29.4 Å². The van der Waals surface area contributed by atoms with E-state index in [2.05, 4.69) is 41.0 Å². The predicted molar refractivity (Wildman–Crippen MR) is 105 cm³/mol. The maximum absolute atomic E-state index is 13.1. The van der Waals surface area contributed by atoms with Gasteiger partial charge in [0.1, 0.15) is 16.8 Å². The van der Waals surface area contributed by atoms with E-state index in [1.165, 1.54) is 11.1 Å². The average molecular weight is 387 g/mol. The minimum atomic E-state index is -0.230. The number of hydrogen-bond acceptors (Lipinski definition) is 6. The first-order chi connectivity index (χ1) is 13.0. The van der Waals surface area contributed by atoms with Gasteiger partial charge < -0.3 is 4.74 Å². The summed E-state index contributed by atoms with van der Waals surface area (Å²) in [6.07, 6.45) is 1.24. The van der Waals surface area contributed by atoms with Gasteiger partial charge in [0.05, 0.1) is 13.2 Å². The molecule has 27 heavy (non-hydrogen) atoms. The summed E-state index contributed by atoms with van der Waals surface area (Å²) in [5, 5.41) is 4.78. The highest BCUT2D eigenvalue weighted by Crippen LogP contribution is 2.42. The van der Waals surface area contributed by atoms with E-state index in [-0.39, 0.29) is 17.2 Å². The highest BCUT2D eigenvalue weighted by Gasteiger charge is 2.44. The zero-order valence-electron chi connectivity index (χ0n) is 16.3. The first kappa shape index (κ1) is 18.5. The standard InChI is InChI=1S/C20H26N4O2S/c1-12-9-13(2)11-23(10-12)17(15-5-7-16(26-4)8-6-15)18-19(25)24-20(27-18)21-14(3)22-24/h5-8,12-13,17-18H,9-11H2,1-4H3. The number of piperidine rings is 1. The Morgan fingerprint density at radius 1 is 1.19 bits per heavy atom. The number of likely N-dealkylation sites (tertiary alicyclic amines) is 1. The van der Waals surface area contributed by atoms with Gasteiger partial charge >= 0.3 is 0 Å². The summed E-state index contributed by atoms with van der Waals surface area (Å²) in [4.78, 5) is 20.0. The van der Waals surface area contributed by atoms with Crippen molar-refractivity contribution < 1.29 is 9.53 Å². The van der Waals surface area contributed by atoms with Gasteiger partial charge in [-0.2, -0.15) is 4.68 Å². The predicted octanol–water partition coefficient (Wildman–Crippen LogP) is 3.43. The van der Waals surface area contributed by atoms with Gasteiger partial charge in [-0.3, -0.25) is 9.69 Å². The van der Waals surface area contributed by atoms with E-state index in [4.69, 9.17) is 4.74 Å². The van der Waals surface area contributed by atoms with Crippen LogP contribution in [-0.2, 0) is 0 Å². The number of carbonyl (C=O) groups is 1. The molecule has 1 aromatic heterocycles. The fourth-order valence-corrected chi connectivity index (χ4v) is 5.72. The van der Waals surface area contributed by atoms with Crippen LogP contribution in [-0.4, -0.2) is 51.0 Å². The fraction of sp³-hybridized carbons (Fsp3) is 0.550. The van der Waals surface area contributed by atoms with Crippen molar-refractivity contribution >= 4 is 17.7 Å². The Labute approximate surface area is 164 Å². The number of fused-ring (bicyclic) bond motifs is 1. The Morgan fingerprint density at radius 3 is 2.44 bits per heavy atom. The summed E-state index contributed by atoms with van der Waals surface area (Å²) in [5.41, 5.74) is 1.14. The molecule has 4 unspecified atom stereocenters. The number of benzene rings is 1. The van der Waals surface area contributed by atoms with Crippen molar-refractivity contribution in [3.63, 3.8) is 0 Å². The molecule has 4 atom stereocenters. The molecule has 2 aromatic rings. The van der Waals surface area contributed by atoms with Crippen molar-refractivity contribution in [3.05, 3.63) is 35.7 Å². The van der Waals surface area contributed by atoms with Gasteiger partial charge in [0.15, 0.2) is 5.16 Å². The Balaban J connectivity index is 1.69. The number of thioether (sulfide) groups is 1. The van der Waals surface area contributed by atoms with Gasteiger partial charge in [0.2, 0.25) is 0 Å². The molecule has 144 valence electrons. The summed E-state index contributed by atoms with van der Waals surface area (Å²) in [5.74, 6) is 2.74. The second-order valence-corrected chi connectivity index (χ2v) is 8.96. The number of aryl methyl sites for hydroxylation is 1. The van der Waals surface area contributed by atoms with Crippen molar-refractivity contribution in [2.45, 2.75) is 43.6 Å². The molecule has 1 fully saturated rings. The summed E-state index contributed by atoms with van der Waals surface area (Å²) in [6, 6.07) is 8.12. The van der Waals surface area contributed by atoms with Crippen molar-refractivity contribution in [3.8, 4) is 5.75 Å². The van der Waals surface area contributed by atoms with E-state index in [0.29, 0.717) is 22.8 Å². The summed E-state index contributed by atoms with van der Waals surface area (Å²) >= 11 is 1.54. The van der Waals surface area contributed by atoms with Crippen LogP contribution in [0.2, 0.25) is 0 Å². The van der Waals surface area contributed by atoms with E-state index in [1.807, 2.05) is 19.1 Å². The van der Waals surface area contributed by atoms with Crippen LogP contribution in [0.1, 0.15) is 42.5 Å². The Morgan fingerprint density at radius 2 is 1.85 bits per heavy atom. The van der Waals surface area contributed by atoms with Crippen molar-refractivity contribution in [2.24, 2.45) is 11.8 Å². The molecular formula is C20H26N4O2S. The number of carbonyl (C=O) groups excluding carboxylic acids is 1. The highest BCUT2D eigenvalue weighted by atomic mass is 32.2. The molecule has 0 amide bonds. The van der Waals surface area contributed by atoms with Gasteiger partial charge in [-0.25, -0.2) is 4.98 Å². The Kier molecular flexibility index (Phi) is 4.99. The third kappa shape index (κ3) is 3.50. The Hall–Kier alpha value is -1.86. The molecule has 2 aliphatic rings. The molecule has 0 aliphatic carbocycles. The van der Waals surface area contributed by atoms with Crippen LogP contribution in [0, 0.1) is 18.8 Å². The lowest BCUT2D eigenvalue weighted by atomic mass is 9.89. The maximum Gasteiger partial charge on any atom is 0.264 e. The minimum Gasteiger partial charge on any atom is -0.497 e. The second kappa shape index (κ2) is 7.28. The molecule has 6 nitrogen and oxygen atoms in total. The van der Waals surface area contributed by atoms with Crippen LogP contribution in [0.4, 0.5) is 0 Å². The first-order valence-electron chi connectivity index (χ1n) is 9.48. The molecule has 2 aliphatic heterocycles. The lowest BCUT2D eigenvalue weighted by Gasteiger charge is -2.41. The molecule has 0 N–H and O–H groups in total. The smallest absolute Gasteiger partial charge is 0.264 e. The summed E-state index contributed by atoms with van der Waals surface area (Å²) in [6.45, 7) is 8.42. The third-order valence-corrected chi connectivity index (χ3v) is 6.59. The lowest BCUT2D eigenvalue weighted by molar-refractivity contribution is 0.0712. The van der Waals surface area contributed by atoms with E-state index in [1.54, 1.807) is 18.9 Å². The summed E-state index contributed by atoms with van der Waals surface area (Å²) in [7, 11) is 1.67. The number of hydrogen-bond donors (Lipinski definition) is 0. The second-order valence-electron chi connectivity index (χ2n) is 7.85. The van der Waals surface area contributed by atoms with Gasteiger partial charge in [0, 0.05) is 13.1 Å². The molecule has 0 saturated carbocycles. The quantitative estimate of drug-likeness (QED) is 0.802.